The molecule has 1 aliphatic rings. The minimum atomic E-state index is -0.639. The maximum Gasteiger partial charge on any atom is 0.258 e. The number of hydrogen-bond donors (Lipinski definition) is 1. The van der Waals surface area contributed by atoms with Crippen molar-refractivity contribution in [1.29, 1.82) is 0 Å². The van der Waals surface area contributed by atoms with E-state index in [4.69, 9.17) is 23.2 Å². The van der Waals surface area contributed by atoms with Crippen LogP contribution in [0.1, 0.15) is 20.3 Å². The highest BCUT2D eigenvalue weighted by molar-refractivity contribution is 6.42. The number of halogens is 2. The predicted molar refractivity (Wildman–Crippen MR) is 75.0 cm³/mol. The molecule has 6 heteroatoms. The number of carbonyl (C=O) groups excluding carboxylic acids is 2. The van der Waals surface area contributed by atoms with Crippen LogP contribution in [0.3, 0.4) is 0 Å². The molecule has 1 saturated heterocycles. The number of benzene rings is 1. The van der Waals surface area contributed by atoms with Crippen molar-refractivity contribution in [3.05, 3.63) is 28.2 Å². The van der Waals surface area contributed by atoms with Gasteiger partial charge in [0, 0.05) is 0 Å². The summed E-state index contributed by atoms with van der Waals surface area (Å²) in [7, 11) is 0. The van der Waals surface area contributed by atoms with Crippen LogP contribution in [0.5, 0.6) is 0 Å². The zero-order valence-corrected chi connectivity index (χ0v) is 12.1. The fourth-order valence-corrected chi connectivity index (χ4v) is 2.33. The molecule has 0 saturated carbocycles. The van der Waals surface area contributed by atoms with Crippen molar-refractivity contribution in [2.24, 2.45) is 11.8 Å². The summed E-state index contributed by atoms with van der Waals surface area (Å²) in [6, 6.07) is 4.79. The lowest BCUT2D eigenvalue weighted by Crippen LogP contribution is -2.35. The summed E-state index contributed by atoms with van der Waals surface area (Å²) in [6.45, 7) is 3.84. The van der Waals surface area contributed by atoms with E-state index in [-0.39, 0.29) is 17.7 Å². The number of nitrogens with zero attached hydrogens (tertiary/aromatic N) is 1. The Bertz CT molecular complexity index is 533. The third kappa shape index (κ3) is 2.55. The van der Waals surface area contributed by atoms with E-state index < -0.39 is 5.92 Å². The van der Waals surface area contributed by atoms with Gasteiger partial charge in [-0.25, -0.2) is 5.01 Å². The van der Waals surface area contributed by atoms with Crippen LogP contribution in [0.4, 0.5) is 5.69 Å². The highest BCUT2D eigenvalue weighted by Crippen LogP contribution is 2.30. The number of carbonyl (C=O) groups is 2. The summed E-state index contributed by atoms with van der Waals surface area (Å²) in [4.78, 5) is 24.2. The second-order valence-electron chi connectivity index (χ2n) is 4.61. The van der Waals surface area contributed by atoms with E-state index in [9.17, 15) is 9.59 Å². The number of rotatable bonds is 3. The molecular weight excluding hydrogens is 287 g/mol. The molecule has 0 bridgehead atoms. The molecule has 0 spiro atoms. The van der Waals surface area contributed by atoms with E-state index in [2.05, 4.69) is 5.43 Å². The highest BCUT2D eigenvalue weighted by atomic mass is 35.5. The molecule has 1 fully saturated rings. The fourth-order valence-electron chi connectivity index (χ4n) is 2.04. The smallest absolute Gasteiger partial charge is 0.258 e. The number of hydrazine groups is 1. The molecule has 2 unspecified atom stereocenters. The lowest BCUT2D eigenvalue weighted by Gasteiger charge is -2.17. The van der Waals surface area contributed by atoms with Crippen molar-refractivity contribution < 1.29 is 9.59 Å². The second kappa shape index (κ2) is 5.39. The molecule has 0 aromatic heterocycles. The zero-order valence-electron chi connectivity index (χ0n) is 10.6. The zero-order chi connectivity index (χ0) is 14.2. The quantitative estimate of drug-likeness (QED) is 0.872. The van der Waals surface area contributed by atoms with Gasteiger partial charge in [-0.2, -0.15) is 0 Å². The average molecular weight is 301 g/mol. The number of hydrogen-bond acceptors (Lipinski definition) is 2. The minimum Gasteiger partial charge on any atom is -0.272 e. The van der Waals surface area contributed by atoms with Gasteiger partial charge in [-0.3, -0.25) is 15.0 Å². The summed E-state index contributed by atoms with van der Waals surface area (Å²) < 4.78 is 0. The Kier molecular flexibility index (Phi) is 4.02. The van der Waals surface area contributed by atoms with Gasteiger partial charge >= 0.3 is 0 Å². The molecule has 0 radical (unpaired) electrons. The van der Waals surface area contributed by atoms with Crippen molar-refractivity contribution >= 4 is 40.7 Å². The Morgan fingerprint density at radius 2 is 2.00 bits per heavy atom. The molecule has 1 aromatic rings. The molecule has 102 valence electrons. The third-order valence-electron chi connectivity index (χ3n) is 3.37. The van der Waals surface area contributed by atoms with Gasteiger partial charge in [0.05, 0.1) is 15.7 Å². The van der Waals surface area contributed by atoms with E-state index in [0.29, 0.717) is 15.7 Å². The molecule has 1 aromatic carbocycles. The van der Waals surface area contributed by atoms with E-state index in [1.165, 1.54) is 5.01 Å². The molecular formula is C13H14Cl2N2O2. The SMILES string of the molecule is CCC(C)C1C(=O)NN(c2ccc(Cl)c(Cl)c2)C1=O. The number of anilines is 1. The molecule has 1 aliphatic heterocycles. The topological polar surface area (TPSA) is 49.4 Å². The Morgan fingerprint density at radius 1 is 1.32 bits per heavy atom. The molecule has 4 nitrogen and oxygen atoms in total. The maximum atomic E-state index is 12.3. The first-order valence-electron chi connectivity index (χ1n) is 6.05. The highest BCUT2D eigenvalue weighted by Gasteiger charge is 2.42. The molecule has 1 N–H and O–H groups in total. The minimum absolute atomic E-state index is 0.000252. The summed E-state index contributed by atoms with van der Waals surface area (Å²) in [6.07, 6.45) is 0.763. The summed E-state index contributed by atoms with van der Waals surface area (Å²) in [5, 5.41) is 1.98. The van der Waals surface area contributed by atoms with Crippen LogP contribution in [0.15, 0.2) is 18.2 Å². The van der Waals surface area contributed by atoms with Crippen LogP contribution in [0, 0.1) is 11.8 Å². The van der Waals surface area contributed by atoms with E-state index >= 15 is 0 Å². The Balaban J connectivity index is 2.30. The lowest BCUT2D eigenvalue weighted by molar-refractivity contribution is -0.129. The van der Waals surface area contributed by atoms with Gasteiger partial charge in [-0.1, -0.05) is 43.5 Å². The standard InChI is InChI=1S/C13H14Cl2N2O2/c1-3-7(2)11-12(18)16-17(13(11)19)8-4-5-9(14)10(15)6-8/h4-7,11H,3H2,1-2H3,(H,16,18). The molecule has 2 atom stereocenters. The van der Waals surface area contributed by atoms with Gasteiger partial charge in [-0.15, -0.1) is 0 Å². The predicted octanol–water partition coefficient (Wildman–Crippen LogP) is 3.03. The van der Waals surface area contributed by atoms with Crippen LogP contribution in [-0.4, -0.2) is 11.8 Å². The van der Waals surface area contributed by atoms with E-state index in [1.54, 1.807) is 18.2 Å². The van der Waals surface area contributed by atoms with Crippen molar-refractivity contribution in [2.75, 3.05) is 5.01 Å². The van der Waals surface area contributed by atoms with Crippen molar-refractivity contribution in [1.82, 2.24) is 5.43 Å². The van der Waals surface area contributed by atoms with Crippen LogP contribution in [-0.2, 0) is 9.59 Å². The van der Waals surface area contributed by atoms with Gasteiger partial charge in [0.25, 0.3) is 11.8 Å². The second-order valence-corrected chi connectivity index (χ2v) is 5.43. The van der Waals surface area contributed by atoms with Crippen LogP contribution in [0.25, 0.3) is 0 Å². The van der Waals surface area contributed by atoms with Crippen molar-refractivity contribution in [3.8, 4) is 0 Å². The van der Waals surface area contributed by atoms with E-state index in [0.717, 1.165) is 6.42 Å². The molecule has 2 amide bonds. The van der Waals surface area contributed by atoms with E-state index in [1.807, 2.05) is 13.8 Å². The number of nitrogens with one attached hydrogen (secondary N) is 1. The maximum absolute atomic E-state index is 12.3. The molecule has 0 aliphatic carbocycles. The first kappa shape index (κ1) is 14.2. The van der Waals surface area contributed by atoms with Gasteiger partial charge in [0.15, 0.2) is 0 Å². The first-order valence-corrected chi connectivity index (χ1v) is 6.80. The van der Waals surface area contributed by atoms with Crippen LogP contribution in [0.2, 0.25) is 10.0 Å². The summed E-state index contributed by atoms with van der Waals surface area (Å²) in [5.41, 5.74) is 3.09. The summed E-state index contributed by atoms with van der Waals surface area (Å²) >= 11 is 11.8. The average Bonchev–Trinajstić information content (AvgIpc) is 2.67. The van der Waals surface area contributed by atoms with Crippen molar-refractivity contribution in [2.45, 2.75) is 20.3 Å². The van der Waals surface area contributed by atoms with Gasteiger partial charge in [-0.05, 0) is 24.1 Å². The summed E-state index contributed by atoms with van der Waals surface area (Å²) in [5.74, 6) is -1.16. The monoisotopic (exact) mass is 300 g/mol. The fraction of sp³-hybridized carbons (Fsp3) is 0.385. The third-order valence-corrected chi connectivity index (χ3v) is 4.10. The largest absolute Gasteiger partial charge is 0.272 e. The number of amides is 2. The van der Waals surface area contributed by atoms with Gasteiger partial charge < -0.3 is 0 Å². The van der Waals surface area contributed by atoms with Gasteiger partial charge in [0.1, 0.15) is 5.92 Å². The van der Waals surface area contributed by atoms with Crippen LogP contribution < -0.4 is 10.4 Å². The van der Waals surface area contributed by atoms with Crippen LogP contribution >= 0.6 is 23.2 Å². The first-order chi connectivity index (χ1) is 8.95. The normalized spacial score (nSPS) is 20.6. The van der Waals surface area contributed by atoms with Crippen molar-refractivity contribution in [3.63, 3.8) is 0 Å². The molecule has 1 heterocycles. The Morgan fingerprint density at radius 3 is 2.58 bits per heavy atom. The molecule has 19 heavy (non-hydrogen) atoms. The Hall–Kier alpha value is -1.26. The van der Waals surface area contributed by atoms with Gasteiger partial charge in [0.2, 0.25) is 0 Å². The molecule has 2 rings (SSSR count). The lowest BCUT2D eigenvalue weighted by atomic mass is 9.91. The Labute approximate surface area is 121 Å².